The Morgan fingerprint density at radius 3 is 2.48 bits per heavy atom. The van der Waals surface area contributed by atoms with Gasteiger partial charge in [0.2, 0.25) is 0 Å². The molecular formula is C23H31N3O. The van der Waals surface area contributed by atoms with Crippen molar-refractivity contribution in [2.75, 3.05) is 12.4 Å². The lowest BCUT2D eigenvalue weighted by Gasteiger charge is -2.34. The normalized spacial score (nSPS) is 12.4. The highest BCUT2D eigenvalue weighted by molar-refractivity contribution is 5.78. The highest BCUT2D eigenvalue weighted by Crippen LogP contribution is 2.36. The number of nitrogens with zero attached hydrogens (tertiary/aromatic N) is 2. The fourth-order valence-electron chi connectivity index (χ4n) is 3.99. The van der Waals surface area contributed by atoms with Gasteiger partial charge in [-0.3, -0.25) is 4.40 Å². The van der Waals surface area contributed by atoms with Gasteiger partial charge in [-0.05, 0) is 56.4 Å². The predicted octanol–water partition coefficient (Wildman–Crippen LogP) is 5.95. The van der Waals surface area contributed by atoms with E-state index < -0.39 is 0 Å². The third kappa shape index (κ3) is 4.26. The Kier molecular flexibility index (Phi) is 4.94. The molecule has 0 aliphatic carbocycles. The fraction of sp³-hybridized carbons (Fsp3) is 0.435. The van der Waals surface area contributed by atoms with E-state index >= 15 is 0 Å². The smallest absolute Gasteiger partial charge is 0.142 e. The number of imidazole rings is 1. The molecule has 1 aromatic carbocycles. The van der Waals surface area contributed by atoms with Gasteiger partial charge in [0, 0.05) is 17.3 Å². The van der Waals surface area contributed by atoms with E-state index in [9.17, 15) is 0 Å². The molecule has 0 atom stereocenters. The molecule has 0 aliphatic heterocycles. The molecule has 0 fully saturated rings. The molecule has 4 nitrogen and oxygen atoms in total. The maximum Gasteiger partial charge on any atom is 0.142 e. The molecule has 0 amide bonds. The number of aryl methyl sites for hydroxylation is 1. The SMILES string of the molecule is COc1cccc(-c2nc3c(C)cccn3c2NC(C)(C)CC(C)(C)C)c1. The van der Waals surface area contributed by atoms with Gasteiger partial charge in [-0.15, -0.1) is 0 Å². The molecule has 2 heterocycles. The second kappa shape index (κ2) is 6.91. The van der Waals surface area contributed by atoms with Crippen molar-refractivity contribution < 1.29 is 4.74 Å². The summed E-state index contributed by atoms with van der Waals surface area (Å²) < 4.78 is 7.59. The van der Waals surface area contributed by atoms with E-state index in [0.717, 1.165) is 40.5 Å². The van der Waals surface area contributed by atoms with Gasteiger partial charge in [0.25, 0.3) is 0 Å². The van der Waals surface area contributed by atoms with Crippen LogP contribution in [0.3, 0.4) is 0 Å². The average molecular weight is 366 g/mol. The number of rotatable bonds is 5. The highest BCUT2D eigenvalue weighted by atomic mass is 16.5. The first-order valence-corrected chi connectivity index (χ1v) is 9.50. The lowest BCUT2D eigenvalue weighted by atomic mass is 9.82. The number of pyridine rings is 1. The lowest BCUT2D eigenvalue weighted by Crippen LogP contribution is -2.36. The molecular weight excluding hydrogens is 334 g/mol. The Bertz CT molecular complexity index is 948. The van der Waals surface area contributed by atoms with Crippen LogP contribution in [0.1, 0.15) is 46.6 Å². The van der Waals surface area contributed by atoms with Crippen LogP contribution in [0.5, 0.6) is 5.75 Å². The molecule has 3 aromatic rings. The van der Waals surface area contributed by atoms with Crippen LogP contribution in [-0.4, -0.2) is 22.0 Å². The Hall–Kier alpha value is -2.49. The van der Waals surface area contributed by atoms with Crippen molar-refractivity contribution in [2.45, 2.75) is 53.5 Å². The predicted molar refractivity (Wildman–Crippen MR) is 114 cm³/mol. The number of benzene rings is 1. The van der Waals surface area contributed by atoms with Crippen LogP contribution < -0.4 is 10.1 Å². The monoisotopic (exact) mass is 365 g/mol. The van der Waals surface area contributed by atoms with Crippen molar-refractivity contribution in [1.82, 2.24) is 9.38 Å². The summed E-state index contributed by atoms with van der Waals surface area (Å²) >= 11 is 0. The summed E-state index contributed by atoms with van der Waals surface area (Å²) in [6.45, 7) is 13.4. The zero-order valence-electron chi connectivity index (χ0n) is 17.6. The number of hydrogen-bond acceptors (Lipinski definition) is 3. The molecule has 0 aliphatic rings. The summed E-state index contributed by atoms with van der Waals surface area (Å²) in [5.41, 5.74) is 4.28. The third-order valence-corrected chi connectivity index (χ3v) is 4.62. The van der Waals surface area contributed by atoms with Gasteiger partial charge in [0.15, 0.2) is 0 Å². The number of nitrogens with one attached hydrogen (secondary N) is 1. The quantitative estimate of drug-likeness (QED) is 0.607. The summed E-state index contributed by atoms with van der Waals surface area (Å²) in [7, 11) is 1.69. The van der Waals surface area contributed by atoms with E-state index in [1.54, 1.807) is 7.11 Å². The minimum Gasteiger partial charge on any atom is -0.497 e. The van der Waals surface area contributed by atoms with Crippen LogP contribution in [0.25, 0.3) is 16.9 Å². The zero-order valence-corrected chi connectivity index (χ0v) is 17.6. The van der Waals surface area contributed by atoms with Crippen molar-refractivity contribution >= 4 is 11.5 Å². The van der Waals surface area contributed by atoms with E-state index in [4.69, 9.17) is 9.72 Å². The van der Waals surface area contributed by atoms with Crippen LogP contribution in [0.2, 0.25) is 0 Å². The van der Waals surface area contributed by atoms with E-state index in [1.807, 2.05) is 18.2 Å². The van der Waals surface area contributed by atoms with Crippen LogP contribution in [-0.2, 0) is 0 Å². The molecule has 0 spiro atoms. The van der Waals surface area contributed by atoms with Crippen molar-refractivity contribution in [3.63, 3.8) is 0 Å². The molecule has 1 N–H and O–H groups in total. The van der Waals surface area contributed by atoms with Crippen LogP contribution in [0, 0.1) is 12.3 Å². The van der Waals surface area contributed by atoms with E-state index in [1.165, 1.54) is 0 Å². The first-order chi connectivity index (χ1) is 12.6. The van der Waals surface area contributed by atoms with Gasteiger partial charge < -0.3 is 10.1 Å². The van der Waals surface area contributed by atoms with Gasteiger partial charge in [-0.1, -0.05) is 39.0 Å². The van der Waals surface area contributed by atoms with Crippen molar-refractivity contribution in [2.24, 2.45) is 5.41 Å². The maximum atomic E-state index is 5.43. The Labute approximate surface area is 162 Å². The zero-order chi connectivity index (χ0) is 19.8. The topological polar surface area (TPSA) is 38.6 Å². The van der Waals surface area contributed by atoms with Gasteiger partial charge in [0.1, 0.15) is 22.9 Å². The van der Waals surface area contributed by atoms with Gasteiger partial charge in [-0.25, -0.2) is 4.98 Å². The largest absolute Gasteiger partial charge is 0.497 e. The van der Waals surface area contributed by atoms with Crippen LogP contribution >= 0.6 is 0 Å². The van der Waals surface area contributed by atoms with E-state index in [0.29, 0.717) is 0 Å². The first-order valence-electron chi connectivity index (χ1n) is 9.50. The number of anilines is 1. The second-order valence-corrected chi connectivity index (χ2v) is 9.17. The van der Waals surface area contributed by atoms with Crippen molar-refractivity contribution in [3.8, 4) is 17.0 Å². The Balaban J connectivity index is 2.16. The molecule has 0 bridgehead atoms. The standard InChI is InChI=1S/C23H31N3O/c1-16-10-9-13-26-20(16)24-19(17-11-8-12-18(14-17)27-7)21(26)25-23(5,6)15-22(2,3)4/h8-14,25H,15H2,1-7H3. The third-order valence-electron chi connectivity index (χ3n) is 4.62. The minimum absolute atomic E-state index is 0.0778. The molecule has 0 saturated carbocycles. The Morgan fingerprint density at radius 2 is 1.81 bits per heavy atom. The number of methoxy groups -OCH3 is 1. The highest BCUT2D eigenvalue weighted by Gasteiger charge is 2.28. The molecule has 27 heavy (non-hydrogen) atoms. The van der Waals surface area contributed by atoms with Crippen LogP contribution in [0.15, 0.2) is 42.6 Å². The lowest BCUT2D eigenvalue weighted by molar-refractivity contribution is 0.302. The molecule has 0 saturated heterocycles. The molecule has 2 aromatic heterocycles. The number of aromatic nitrogens is 2. The van der Waals surface area contributed by atoms with Crippen molar-refractivity contribution in [3.05, 3.63) is 48.2 Å². The summed E-state index contributed by atoms with van der Waals surface area (Å²) in [5.74, 6) is 1.86. The van der Waals surface area contributed by atoms with Crippen LogP contribution in [0.4, 0.5) is 5.82 Å². The summed E-state index contributed by atoms with van der Waals surface area (Å²) in [6.07, 6.45) is 3.12. The molecule has 144 valence electrons. The van der Waals surface area contributed by atoms with E-state index in [2.05, 4.69) is 75.7 Å². The molecule has 0 unspecified atom stereocenters. The van der Waals surface area contributed by atoms with Crippen molar-refractivity contribution in [1.29, 1.82) is 0 Å². The summed E-state index contributed by atoms with van der Waals surface area (Å²) in [5, 5.41) is 3.79. The summed E-state index contributed by atoms with van der Waals surface area (Å²) in [4.78, 5) is 4.98. The first kappa shape index (κ1) is 19.3. The Morgan fingerprint density at radius 1 is 1.07 bits per heavy atom. The number of ether oxygens (including phenoxy) is 1. The number of fused-ring (bicyclic) bond motifs is 1. The average Bonchev–Trinajstić information content (AvgIpc) is 2.92. The minimum atomic E-state index is -0.0778. The molecule has 3 rings (SSSR count). The summed E-state index contributed by atoms with van der Waals surface area (Å²) in [6, 6.07) is 12.3. The molecule has 4 heteroatoms. The fourth-order valence-corrected chi connectivity index (χ4v) is 3.99. The van der Waals surface area contributed by atoms with Gasteiger partial charge in [-0.2, -0.15) is 0 Å². The van der Waals surface area contributed by atoms with Gasteiger partial charge in [0.05, 0.1) is 7.11 Å². The van der Waals surface area contributed by atoms with Gasteiger partial charge >= 0.3 is 0 Å². The number of hydrogen-bond donors (Lipinski definition) is 1. The molecule has 0 radical (unpaired) electrons. The maximum absolute atomic E-state index is 5.43. The van der Waals surface area contributed by atoms with E-state index in [-0.39, 0.29) is 11.0 Å². The second-order valence-electron chi connectivity index (χ2n) is 9.17.